The molecule has 1 aromatic heterocycles. The first-order valence-electron chi connectivity index (χ1n) is 12.5. The van der Waals surface area contributed by atoms with Crippen molar-refractivity contribution >= 4 is 34.4 Å². The fraction of sp³-hybridized carbons (Fsp3) is 0.407. The predicted molar refractivity (Wildman–Crippen MR) is 138 cm³/mol. The summed E-state index contributed by atoms with van der Waals surface area (Å²) in [6, 6.07) is 10.2. The van der Waals surface area contributed by atoms with Crippen LogP contribution >= 0.6 is 11.8 Å². The zero-order valence-corrected chi connectivity index (χ0v) is 21.1. The van der Waals surface area contributed by atoms with Gasteiger partial charge in [0.1, 0.15) is 5.82 Å². The molecule has 0 saturated carbocycles. The number of hydrogen-bond donors (Lipinski definition) is 1. The minimum Gasteiger partial charge on any atom is -0.376 e. The molecule has 0 bridgehead atoms. The van der Waals surface area contributed by atoms with E-state index in [-0.39, 0.29) is 35.2 Å². The molecule has 37 heavy (non-hydrogen) atoms. The lowest BCUT2D eigenvalue weighted by Gasteiger charge is -2.17. The van der Waals surface area contributed by atoms with Crippen LogP contribution in [0, 0.1) is 5.82 Å². The first kappa shape index (κ1) is 25.6. The maximum atomic E-state index is 13.5. The van der Waals surface area contributed by atoms with E-state index in [0.717, 1.165) is 37.4 Å². The molecule has 194 valence electrons. The summed E-state index contributed by atoms with van der Waals surface area (Å²) in [5.74, 6) is -0.855. The largest absolute Gasteiger partial charge is 0.376 e. The van der Waals surface area contributed by atoms with E-state index in [4.69, 9.17) is 14.5 Å². The number of Topliss-reactive ketones (excluding diaryl/α,β-unsaturated/α-hetero) is 1. The summed E-state index contributed by atoms with van der Waals surface area (Å²) in [4.78, 5) is 43.6. The van der Waals surface area contributed by atoms with Crippen molar-refractivity contribution in [2.24, 2.45) is 0 Å². The molecule has 8 nitrogen and oxygen atoms in total. The topological polar surface area (TPSA) is 99.5 Å². The summed E-state index contributed by atoms with van der Waals surface area (Å²) < 4.78 is 26.1. The molecule has 3 aromatic rings. The van der Waals surface area contributed by atoms with Gasteiger partial charge in [0.25, 0.3) is 11.5 Å². The van der Waals surface area contributed by atoms with Crippen LogP contribution in [0.15, 0.2) is 52.4 Å². The molecule has 2 saturated heterocycles. The van der Waals surface area contributed by atoms with Gasteiger partial charge in [-0.2, -0.15) is 0 Å². The van der Waals surface area contributed by atoms with Gasteiger partial charge in [-0.3, -0.25) is 19.0 Å². The number of ketones is 1. The molecule has 0 aliphatic carbocycles. The quantitative estimate of drug-likeness (QED) is 0.259. The van der Waals surface area contributed by atoms with Crippen LogP contribution in [-0.4, -0.2) is 59.0 Å². The Morgan fingerprint density at radius 1 is 1.03 bits per heavy atom. The predicted octanol–water partition coefficient (Wildman–Crippen LogP) is 3.60. The van der Waals surface area contributed by atoms with Gasteiger partial charge in [0.2, 0.25) is 0 Å². The zero-order chi connectivity index (χ0) is 25.8. The monoisotopic (exact) mass is 525 g/mol. The third-order valence-corrected chi connectivity index (χ3v) is 7.58. The molecule has 5 rings (SSSR count). The number of nitrogens with one attached hydrogen (secondary N) is 1. The third kappa shape index (κ3) is 6.08. The highest BCUT2D eigenvalue weighted by molar-refractivity contribution is 7.99. The molecular formula is C27H28FN3O5S. The number of hydrogen-bond acceptors (Lipinski definition) is 7. The van der Waals surface area contributed by atoms with E-state index in [9.17, 15) is 18.8 Å². The highest BCUT2D eigenvalue weighted by Crippen LogP contribution is 2.23. The van der Waals surface area contributed by atoms with Gasteiger partial charge in [-0.1, -0.05) is 11.8 Å². The normalized spacial score (nSPS) is 19.4. The minimum absolute atomic E-state index is 0.0224. The smallest absolute Gasteiger partial charge is 0.262 e. The first-order valence-corrected chi connectivity index (χ1v) is 13.4. The van der Waals surface area contributed by atoms with Crippen molar-refractivity contribution in [2.75, 3.05) is 25.5 Å². The van der Waals surface area contributed by atoms with Gasteiger partial charge in [0.15, 0.2) is 10.9 Å². The van der Waals surface area contributed by atoms with Crippen LogP contribution in [0.5, 0.6) is 0 Å². The molecule has 0 radical (unpaired) electrons. The number of benzene rings is 2. The summed E-state index contributed by atoms with van der Waals surface area (Å²) in [5.41, 5.74) is 0.916. The Labute approximate surface area is 217 Å². The Bertz CT molecular complexity index is 1350. The Balaban J connectivity index is 1.41. The number of rotatable bonds is 9. The second-order valence-corrected chi connectivity index (χ2v) is 10.2. The van der Waals surface area contributed by atoms with Crippen molar-refractivity contribution in [3.8, 4) is 0 Å². The Morgan fingerprint density at radius 3 is 2.43 bits per heavy atom. The Hall–Kier alpha value is -3.08. The number of fused-ring (bicyclic) bond motifs is 1. The number of amides is 1. The molecule has 2 aliphatic heterocycles. The SMILES string of the molecule is O=C(CSc1nc2cc(C(=O)NCC3CCCO3)ccc2c(=O)n1CC1CCCO1)c1ccc(F)cc1. The maximum Gasteiger partial charge on any atom is 0.262 e. The van der Waals surface area contributed by atoms with Crippen molar-refractivity contribution in [1.29, 1.82) is 0 Å². The minimum atomic E-state index is -0.415. The van der Waals surface area contributed by atoms with Crippen molar-refractivity contribution < 1.29 is 23.5 Å². The second kappa shape index (κ2) is 11.5. The molecule has 1 N–H and O–H groups in total. The van der Waals surface area contributed by atoms with Gasteiger partial charge in [-0.15, -0.1) is 0 Å². The lowest BCUT2D eigenvalue weighted by atomic mass is 10.1. The lowest BCUT2D eigenvalue weighted by Crippen LogP contribution is -2.32. The molecular weight excluding hydrogens is 497 g/mol. The summed E-state index contributed by atoms with van der Waals surface area (Å²) in [6.07, 6.45) is 3.59. The maximum absolute atomic E-state index is 13.5. The van der Waals surface area contributed by atoms with Crippen LogP contribution in [0.2, 0.25) is 0 Å². The number of carbonyl (C=O) groups excluding carboxylic acids is 2. The van der Waals surface area contributed by atoms with Crippen LogP contribution in [0.4, 0.5) is 4.39 Å². The Kier molecular flexibility index (Phi) is 7.97. The van der Waals surface area contributed by atoms with E-state index < -0.39 is 5.82 Å². The standard InChI is InChI=1S/C27H28FN3O5S/c28-19-8-5-17(6-9-19)24(32)16-37-27-30-23-13-18(25(33)29-14-20-3-1-11-35-20)7-10-22(23)26(34)31(27)15-21-4-2-12-36-21/h5-10,13,20-21H,1-4,11-12,14-16H2,(H,29,33). The van der Waals surface area contributed by atoms with Crippen LogP contribution in [-0.2, 0) is 16.0 Å². The fourth-order valence-corrected chi connectivity index (χ4v) is 5.47. The molecule has 10 heteroatoms. The van der Waals surface area contributed by atoms with Crippen molar-refractivity contribution in [1.82, 2.24) is 14.9 Å². The van der Waals surface area contributed by atoms with Crippen LogP contribution in [0.25, 0.3) is 10.9 Å². The number of ether oxygens (including phenoxy) is 2. The number of thioether (sulfide) groups is 1. The van der Waals surface area contributed by atoms with Gasteiger partial charge in [-0.05, 0) is 68.1 Å². The number of halogens is 1. The molecule has 2 unspecified atom stereocenters. The third-order valence-electron chi connectivity index (χ3n) is 6.61. The van der Waals surface area contributed by atoms with Crippen molar-refractivity contribution in [2.45, 2.75) is 49.6 Å². The van der Waals surface area contributed by atoms with Gasteiger partial charge < -0.3 is 14.8 Å². The Morgan fingerprint density at radius 2 is 1.73 bits per heavy atom. The molecule has 2 fully saturated rings. The van der Waals surface area contributed by atoms with Crippen LogP contribution in [0.3, 0.4) is 0 Å². The molecule has 1 amide bonds. The first-order chi connectivity index (χ1) is 18.0. The van der Waals surface area contributed by atoms with E-state index in [1.807, 2.05) is 0 Å². The van der Waals surface area contributed by atoms with Gasteiger partial charge in [0, 0.05) is 30.9 Å². The van der Waals surface area contributed by atoms with Crippen molar-refractivity contribution in [3.05, 3.63) is 69.8 Å². The molecule has 2 aliphatic rings. The van der Waals surface area contributed by atoms with Crippen LogP contribution < -0.4 is 10.9 Å². The second-order valence-electron chi connectivity index (χ2n) is 9.24. The van der Waals surface area contributed by atoms with E-state index in [0.29, 0.717) is 53.5 Å². The number of aromatic nitrogens is 2. The summed E-state index contributed by atoms with van der Waals surface area (Å²) in [6.45, 7) is 2.12. The van der Waals surface area contributed by atoms with E-state index >= 15 is 0 Å². The lowest BCUT2D eigenvalue weighted by molar-refractivity contribution is 0.0857. The molecule has 0 spiro atoms. The van der Waals surface area contributed by atoms with Crippen molar-refractivity contribution in [3.63, 3.8) is 0 Å². The zero-order valence-electron chi connectivity index (χ0n) is 20.3. The molecule has 2 atom stereocenters. The van der Waals surface area contributed by atoms with Gasteiger partial charge in [-0.25, -0.2) is 9.37 Å². The van der Waals surface area contributed by atoms with E-state index in [2.05, 4.69) is 5.32 Å². The van der Waals surface area contributed by atoms with Gasteiger partial charge >= 0.3 is 0 Å². The summed E-state index contributed by atoms with van der Waals surface area (Å²) >= 11 is 1.14. The number of carbonyl (C=O) groups is 2. The highest BCUT2D eigenvalue weighted by atomic mass is 32.2. The van der Waals surface area contributed by atoms with E-state index in [1.165, 1.54) is 24.3 Å². The highest BCUT2D eigenvalue weighted by Gasteiger charge is 2.22. The summed E-state index contributed by atoms with van der Waals surface area (Å²) in [7, 11) is 0. The molecule has 2 aromatic carbocycles. The van der Waals surface area contributed by atoms with Gasteiger partial charge in [0.05, 0.1) is 35.4 Å². The average Bonchev–Trinajstić information content (AvgIpc) is 3.62. The fourth-order valence-electron chi connectivity index (χ4n) is 4.57. The van der Waals surface area contributed by atoms with E-state index in [1.54, 1.807) is 22.8 Å². The van der Waals surface area contributed by atoms with Crippen LogP contribution in [0.1, 0.15) is 46.4 Å². The summed E-state index contributed by atoms with van der Waals surface area (Å²) in [5, 5.41) is 3.66. The average molecular weight is 526 g/mol. The number of nitrogens with zero attached hydrogens (tertiary/aromatic N) is 2. The molecule has 3 heterocycles.